The molecule has 2 aromatic rings. The topological polar surface area (TPSA) is 75.7 Å². The van der Waals surface area contributed by atoms with E-state index in [2.05, 4.69) is 35.1 Å². The maximum atomic E-state index is 13.1. The molecule has 1 heterocycles. The Bertz CT molecular complexity index is 1000. The zero-order chi connectivity index (χ0) is 22.4. The van der Waals surface area contributed by atoms with Crippen LogP contribution < -0.4 is 5.32 Å². The van der Waals surface area contributed by atoms with Gasteiger partial charge in [-0.15, -0.1) is 0 Å². The first-order valence-electron chi connectivity index (χ1n) is 10.2. The van der Waals surface area contributed by atoms with Gasteiger partial charge < -0.3 is 10.1 Å². The number of ether oxygens (including phenoxy) is 1. The first-order chi connectivity index (χ1) is 14.8. The fraction of sp³-hybridized carbons (Fsp3) is 0.409. The van der Waals surface area contributed by atoms with Gasteiger partial charge in [0, 0.05) is 33.9 Å². The summed E-state index contributed by atoms with van der Waals surface area (Å²) in [4.78, 5) is 14.8. The highest BCUT2D eigenvalue weighted by atomic mass is 79.9. The van der Waals surface area contributed by atoms with E-state index in [1.807, 2.05) is 24.3 Å². The summed E-state index contributed by atoms with van der Waals surface area (Å²) in [5.74, 6) is 0.198. The summed E-state index contributed by atoms with van der Waals surface area (Å²) in [5.41, 5.74) is 0.367. The zero-order valence-corrected chi connectivity index (χ0v) is 20.9. The van der Waals surface area contributed by atoms with Crippen LogP contribution >= 0.6 is 27.7 Å². The molecule has 0 aromatic heterocycles. The largest absolute Gasteiger partial charge is 0.379 e. The normalized spacial score (nSPS) is 15.2. The Hall–Kier alpha value is -1.39. The Labute approximate surface area is 196 Å². The lowest BCUT2D eigenvalue weighted by Gasteiger charge is -2.26. The zero-order valence-electron chi connectivity index (χ0n) is 17.6. The molecule has 168 valence electrons. The van der Waals surface area contributed by atoms with Gasteiger partial charge in [0.05, 0.1) is 23.7 Å². The van der Waals surface area contributed by atoms with Gasteiger partial charge in [0.1, 0.15) is 0 Å². The summed E-state index contributed by atoms with van der Waals surface area (Å²) in [6, 6.07) is 12.6. The van der Waals surface area contributed by atoms with Crippen LogP contribution in [-0.4, -0.2) is 51.5 Å². The number of rotatable bonds is 8. The van der Waals surface area contributed by atoms with Crippen molar-refractivity contribution in [2.45, 2.75) is 35.0 Å². The van der Waals surface area contributed by atoms with Crippen LogP contribution in [0.25, 0.3) is 0 Å². The van der Waals surface area contributed by atoms with Crippen molar-refractivity contribution >= 4 is 43.6 Å². The predicted molar refractivity (Wildman–Crippen MR) is 126 cm³/mol. The van der Waals surface area contributed by atoms with Gasteiger partial charge in [0.15, 0.2) is 0 Å². The number of carbonyl (C=O) groups excluding carboxylic acids is 1. The molecule has 0 aliphatic carbocycles. The summed E-state index contributed by atoms with van der Waals surface area (Å²) < 4.78 is 33.9. The third-order valence-corrected chi connectivity index (χ3v) is 8.36. The van der Waals surface area contributed by atoms with Crippen LogP contribution in [0, 0.1) is 5.92 Å². The van der Waals surface area contributed by atoms with Crippen LogP contribution in [0.5, 0.6) is 0 Å². The van der Waals surface area contributed by atoms with Gasteiger partial charge in [-0.2, -0.15) is 4.31 Å². The Morgan fingerprint density at radius 2 is 1.84 bits per heavy atom. The summed E-state index contributed by atoms with van der Waals surface area (Å²) in [7, 11) is -3.69. The number of morpholine rings is 1. The van der Waals surface area contributed by atoms with Crippen molar-refractivity contribution in [1.82, 2.24) is 9.62 Å². The quantitative estimate of drug-likeness (QED) is 0.551. The first kappa shape index (κ1) is 24.3. The van der Waals surface area contributed by atoms with E-state index in [9.17, 15) is 13.2 Å². The Balaban J connectivity index is 1.92. The second kappa shape index (κ2) is 11.0. The molecule has 0 saturated carbocycles. The third kappa shape index (κ3) is 6.55. The molecular weight excluding hydrogens is 500 g/mol. The summed E-state index contributed by atoms with van der Waals surface area (Å²) in [6.07, 6.45) is 0.854. The van der Waals surface area contributed by atoms with Crippen LogP contribution in [0.2, 0.25) is 0 Å². The molecule has 1 saturated heterocycles. The molecule has 1 N–H and O–H groups in total. The number of nitrogens with zero attached hydrogens (tertiary/aromatic N) is 1. The average molecular weight is 528 g/mol. The fourth-order valence-corrected chi connectivity index (χ4v) is 5.69. The Kier molecular flexibility index (Phi) is 8.58. The Morgan fingerprint density at radius 3 is 2.48 bits per heavy atom. The van der Waals surface area contributed by atoms with E-state index in [4.69, 9.17) is 4.74 Å². The van der Waals surface area contributed by atoms with Crippen molar-refractivity contribution in [1.29, 1.82) is 0 Å². The standard InChI is InChI=1S/C22H27BrN2O4S2/c1-16(2)9-10-24-22(26)20-15-19(31(27,28)25-11-13-29-14-12-25)7-8-21(20)30-18-5-3-17(23)4-6-18/h3-8,15-16H,9-14H2,1-2H3,(H,24,26). The van der Waals surface area contributed by atoms with Gasteiger partial charge in [-0.1, -0.05) is 41.5 Å². The molecule has 1 fully saturated rings. The van der Waals surface area contributed by atoms with E-state index in [0.29, 0.717) is 49.2 Å². The summed E-state index contributed by atoms with van der Waals surface area (Å²) >= 11 is 4.86. The third-order valence-electron chi connectivity index (χ3n) is 4.85. The number of sulfonamides is 1. The van der Waals surface area contributed by atoms with Crippen molar-refractivity contribution in [3.8, 4) is 0 Å². The van der Waals surface area contributed by atoms with E-state index >= 15 is 0 Å². The van der Waals surface area contributed by atoms with Crippen molar-refractivity contribution in [2.75, 3.05) is 32.8 Å². The van der Waals surface area contributed by atoms with Crippen molar-refractivity contribution in [2.24, 2.45) is 5.92 Å². The summed E-state index contributed by atoms with van der Waals surface area (Å²) in [6.45, 7) is 6.10. The number of halogens is 1. The molecule has 31 heavy (non-hydrogen) atoms. The van der Waals surface area contributed by atoms with Crippen molar-refractivity contribution in [3.63, 3.8) is 0 Å². The number of nitrogens with one attached hydrogen (secondary N) is 1. The van der Waals surface area contributed by atoms with E-state index in [1.54, 1.807) is 12.1 Å². The van der Waals surface area contributed by atoms with Crippen molar-refractivity contribution in [3.05, 3.63) is 52.5 Å². The van der Waals surface area contributed by atoms with E-state index in [1.165, 1.54) is 22.1 Å². The molecule has 3 rings (SSSR count). The predicted octanol–water partition coefficient (Wildman–Crippen LogP) is 4.40. The van der Waals surface area contributed by atoms with Crippen LogP contribution in [-0.2, 0) is 14.8 Å². The van der Waals surface area contributed by atoms with E-state index in [-0.39, 0.29) is 10.8 Å². The molecule has 1 aliphatic rings. The average Bonchev–Trinajstić information content (AvgIpc) is 2.75. The van der Waals surface area contributed by atoms with Crippen LogP contribution in [0.4, 0.5) is 0 Å². The number of amides is 1. The van der Waals surface area contributed by atoms with E-state index in [0.717, 1.165) is 15.8 Å². The van der Waals surface area contributed by atoms with E-state index < -0.39 is 10.0 Å². The van der Waals surface area contributed by atoms with Gasteiger partial charge in [0.2, 0.25) is 10.0 Å². The minimum Gasteiger partial charge on any atom is -0.379 e. The summed E-state index contributed by atoms with van der Waals surface area (Å²) in [5, 5.41) is 2.94. The van der Waals surface area contributed by atoms with Crippen LogP contribution in [0.1, 0.15) is 30.6 Å². The lowest BCUT2D eigenvalue weighted by molar-refractivity contribution is 0.0730. The molecule has 6 nitrogen and oxygen atoms in total. The second-order valence-electron chi connectivity index (χ2n) is 7.67. The number of hydrogen-bond acceptors (Lipinski definition) is 5. The number of benzene rings is 2. The number of carbonyl (C=O) groups is 1. The van der Waals surface area contributed by atoms with Gasteiger partial charge in [-0.25, -0.2) is 8.42 Å². The lowest BCUT2D eigenvalue weighted by Crippen LogP contribution is -2.40. The SMILES string of the molecule is CC(C)CCNC(=O)c1cc(S(=O)(=O)N2CCOCC2)ccc1Sc1ccc(Br)cc1. The number of hydrogen-bond donors (Lipinski definition) is 1. The highest BCUT2D eigenvalue weighted by Crippen LogP contribution is 2.33. The minimum atomic E-state index is -3.69. The molecule has 0 bridgehead atoms. The highest BCUT2D eigenvalue weighted by molar-refractivity contribution is 9.10. The van der Waals surface area contributed by atoms with Gasteiger partial charge in [-0.3, -0.25) is 4.79 Å². The molecule has 0 spiro atoms. The molecule has 0 atom stereocenters. The second-order valence-corrected chi connectivity index (χ2v) is 11.6. The smallest absolute Gasteiger partial charge is 0.252 e. The molecule has 9 heteroatoms. The minimum absolute atomic E-state index is 0.128. The molecular formula is C22H27BrN2O4S2. The maximum Gasteiger partial charge on any atom is 0.252 e. The first-order valence-corrected chi connectivity index (χ1v) is 13.3. The molecule has 0 radical (unpaired) electrons. The fourth-order valence-electron chi connectivity index (χ4n) is 3.07. The molecule has 0 unspecified atom stereocenters. The Morgan fingerprint density at radius 1 is 1.16 bits per heavy atom. The van der Waals surface area contributed by atoms with Crippen molar-refractivity contribution < 1.29 is 17.9 Å². The monoisotopic (exact) mass is 526 g/mol. The maximum absolute atomic E-state index is 13.1. The lowest BCUT2D eigenvalue weighted by atomic mass is 10.1. The highest BCUT2D eigenvalue weighted by Gasteiger charge is 2.28. The molecule has 1 amide bonds. The van der Waals surface area contributed by atoms with Gasteiger partial charge in [0.25, 0.3) is 5.91 Å². The molecule has 2 aromatic carbocycles. The van der Waals surface area contributed by atoms with Crippen LogP contribution in [0.3, 0.4) is 0 Å². The van der Waals surface area contributed by atoms with Gasteiger partial charge >= 0.3 is 0 Å². The van der Waals surface area contributed by atoms with Crippen LogP contribution in [0.15, 0.2) is 61.6 Å². The molecule has 1 aliphatic heterocycles. The van der Waals surface area contributed by atoms with Gasteiger partial charge in [-0.05, 0) is 54.8 Å².